The summed E-state index contributed by atoms with van der Waals surface area (Å²) in [4.78, 5) is -0.669. The first-order valence-corrected chi connectivity index (χ1v) is 8.05. The lowest BCUT2D eigenvalue weighted by molar-refractivity contribution is 0.0631. The van der Waals surface area contributed by atoms with E-state index in [9.17, 15) is 17.2 Å². The lowest BCUT2D eigenvalue weighted by Crippen LogP contribution is -2.41. The summed E-state index contributed by atoms with van der Waals surface area (Å²) >= 11 is 0. The van der Waals surface area contributed by atoms with Crippen molar-refractivity contribution in [1.29, 1.82) is 0 Å². The van der Waals surface area contributed by atoms with Crippen molar-refractivity contribution in [3.05, 3.63) is 29.3 Å². The van der Waals surface area contributed by atoms with Crippen molar-refractivity contribution in [2.75, 3.05) is 20.3 Å². The van der Waals surface area contributed by atoms with Gasteiger partial charge in [0.15, 0.2) is 11.6 Å². The van der Waals surface area contributed by atoms with Crippen molar-refractivity contribution >= 4 is 10.0 Å². The maximum Gasteiger partial charge on any atom is 0.246 e. The molecule has 1 heterocycles. The Bertz CT molecular complexity index is 616. The summed E-state index contributed by atoms with van der Waals surface area (Å²) in [6.07, 6.45) is 1.05. The molecule has 1 aliphatic rings. The van der Waals surface area contributed by atoms with Crippen LogP contribution in [0.4, 0.5) is 8.78 Å². The zero-order chi connectivity index (χ0) is 15.6. The normalized spacial score (nSPS) is 17.4. The predicted octanol–water partition coefficient (Wildman–Crippen LogP) is 1.22. The predicted molar refractivity (Wildman–Crippen MR) is 73.0 cm³/mol. The number of rotatable bonds is 4. The minimum atomic E-state index is -4.12. The molecule has 2 rings (SSSR count). The molecule has 2 N–H and O–H groups in total. The average molecular weight is 320 g/mol. The lowest BCUT2D eigenvalue weighted by atomic mass is 10.1. The van der Waals surface area contributed by atoms with Gasteiger partial charge in [-0.1, -0.05) is 0 Å². The van der Waals surface area contributed by atoms with Gasteiger partial charge in [0.25, 0.3) is 0 Å². The molecule has 0 unspecified atom stereocenters. The molecular weight excluding hydrogens is 302 g/mol. The molecule has 1 fully saturated rings. The van der Waals surface area contributed by atoms with Gasteiger partial charge < -0.3 is 10.5 Å². The molecule has 1 saturated heterocycles. The van der Waals surface area contributed by atoms with Crippen LogP contribution in [0.15, 0.2) is 17.0 Å². The van der Waals surface area contributed by atoms with Crippen molar-refractivity contribution in [2.24, 2.45) is 5.73 Å². The number of ether oxygens (including phenoxy) is 1. The summed E-state index contributed by atoms with van der Waals surface area (Å²) in [7, 11) is -2.74. The quantitative estimate of drug-likeness (QED) is 0.905. The monoisotopic (exact) mass is 320 g/mol. The fourth-order valence-corrected chi connectivity index (χ4v) is 3.86. The van der Waals surface area contributed by atoms with Crippen molar-refractivity contribution in [3.63, 3.8) is 0 Å². The third kappa shape index (κ3) is 3.23. The van der Waals surface area contributed by atoms with Crippen LogP contribution in [0.3, 0.4) is 0 Å². The van der Waals surface area contributed by atoms with Crippen molar-refractivity contribution in [1.82, 2.24) is 4.31 Å². The van der Waals surface area contributed by atoms with Gasteiger partial charge in [0.1, 0.15) is 4.90 Å². The smallest absolute Gasteiger partial charge is 0.246 e. The van der Waals surface area contributed by atoms with Crippen molar-refractivity contribution in [2.45, 2.75) is 30.3 Å². The van der Waals surface area contributed by atoms with Crippen LogP contribution in [0.5, 0.6) is 0 Å². The van der Waals surface area contributed by atoms with Gasteiger partial charge >= 0.3 is 0 Å². The number of benzene rings is 1. The second kappa shape index (κ2) is 6.35. The molecule has 0 radical (unpaired) electrons. The van der Waals surface area contributed by atoms with Crippen molar-refractivity contribution in [3.8, 4) is 0 Å². The molecular formula is C13H18F2N2O3S. The molecule has 118 valence electrons. The topological polar surface area (TPSA) is 72.6 Å². The van der Waals surface area contributed by atoms with Gasteiger partial charge in [-0.3, -0.25) is 0 Å². The zero-order valence-corrected chi connectivity index (χ0v) is 12.5. The Morgan fingerprint density at radius 2 is 1.95 bits per heavy atom. The summed E-state index contributed by atoms with van der Waals surface area (Å²) in [6.45, 7) is 0.828. The van der Waals surface area contributed by atoms with E-state index in [0.29, 0.717) is 26.1 Å². The average Bonchev–Trinajstić information content (AvgIpc) is 2.49. The van der Waals surface area contributed by atoms with Gasteiger partial charge in [0.2, 0.25) is 10.0 Å². The molecule has 8 heteroatoms. The molecule has 5 nitrogen and oxygen atoms in total. The van der Waals surface area contributed by atoms with Gasteiger partial charge in [-0.15, -0.1) is 0 Å². The molecule has 21 heavy (non-hydrogen) atoms. The number of hydrogen-bond donors (Lipinski definition) is 1. The first-order valence-electron chi connectivity index (χ1n) is 6.61. The van der Waals surface area contributed by atoms with E-state index in [2.05, 4.69) is 0 Å². The van der Waals surface area contributed by atoms with Gasteiger partial charge in [0.05, 0.1) is 0 Å². The highest BCUT2D eigenvalue weighted by Crippen LogP contribution is 2.26. The van der Waals surface area contributed by atoms with Crippen LogP contribution in [0.25, 0.3) is 0 Å². The largest absolute Gasteiger partial charge is 0.381 e. The van der Waals surface area contributed by atoms with E-state index in [4.69, 9.17) is 10.5 Å². The van der Waals surface area contributed by atoms with Crippen LogP contribution in [0, 0.1) is 11.6 Å². The molecule has 0 aliphatic carbocycles. The number of hydrogen-bond acceptors (Lipinski definition) is 4. The highest BCUT2D eigenvalue weighted by molar-refractivity contribution is 7.89. The Labute approximate surface area is 122 Å². The van der Waals surface area contributed by atoms with E-state index in [0.717, 1.165) is 16.4 Å². The van der Waals surface area contributed by atoms with Gasteiger partial charge in [-0.25, -0.2) is 17.2 Å². The zero-order valence-electron chi connectivity index (χ0n) is 11.7. The number of halogens is 2. The van der Waals surface area contributed by atoms with Crippen LogP contribution >= 0.6 is 0 Å². The third-order valence-electron chi connectivity index (χ3n) is 3.65. The van der Waals surface area contributed by atoms with Gasteiger partial charge in [-0.05, 0) is 30.5 Å². The van der Waals surface area contributed by atoms with Crippen LogP contribution in [0.1, 0.15) is 18.4 Å². The van der Waals surface area contributed by atoms with Crippen LogP contribution < -0.4 is 5.73 Å². The third-order valence-corrected chi connectivity index (χ3v) is 5.56. The molecule has 1 aliphatic heterocycles. The first-order chi connectivity index (χ1) is 9.87. The first kappa shape index (κ1) is 16.3. The highest BCUT2D eigenvalue weighted by Gasteiger charge is 2.32. The fourth-order valence-electron chi connectivity index (χ4n) is 2.32. The van der Waals surface area contributed by atoms with E-state index in [1.807, 2.05) is 0 Å². The summed E-state index contributed by atoms with van der Waals surface area (Å²) in [5, 5.41) is 0. The minimum absolute atomic E-state index is 0.0687. The summed E-state index contributed by atoms with van der Waals surface area (Å²) in [6, 6.07) is 1.71. The lowest BCUT2D eigenvalue weighted by Gasteiger charge is -2.30. The summed E-state index contributed by atoms with van der Waals surface area (Å²) < 4.78 is 58.7. The Kier molecular flexibility index (Phi) is 4.92. The SMILES string of the molecule is CN(C1CCOCC1)S(=O)(=O)c1cc(CN)cc(F)c1F. The summed E-state index contributed by atoms with van der Waals surface area (Å²) in [5.74, 6) is -2.58. The number of sulfonamides is 1. The van der Waals surface area contributed by atoms with E-state index < -0.39 is 26.6 Å². The van der Waals surface area contributed by atoms with E-state index in [-0.39, 0.29) is 18.2 Å². The Balaban J connectivity index is 2.40. The molecule has 0 bridgehead atoms. The molecule has 0 saturated carbocycles. The number of nitrogens with zero attached hydrogens (tertiary/aromatic N) is 1. The van der Waals surface area contributed by atoms with E-state index >= 15 is 0 Å². The molecule has 0 aromatic heterocycles. The molecule has 0 amide bonds. The second-order valence-corrected chi connectivity index (χ2v) is 6.92. The second-order valence-electron chi connectivity index (χ2n) is 4.96. The Morgan fingerprint density at radius 3 is 2.52 bits per heavy atom. The fraction of sp³-hybridized carbons (Fsp3) is 0.538. The highest BCUT2D eigenvalue weighted by atomic mass is 32.2. The number of nitrogens with two attached hydrogens (primary N) is 1. The van der Waals surface area contributed by atoms with Crippen LogP contribution in [-0.4, -0.2) is 39.0 Å². The Hall–Kier alpha value is -1.09. The van der Waals surface area contributed by atoms with Crippen LogP contribution in [0.2, 0.25) is 0 Å². The summed E-state index contributed by atoms with van der Waals surface area (Å²) in [5.41, 5.74) is 5.62. The molecule has 0 spiro atoms. The Morgan fingerprint density at radius 1 is 1.33 bits per heavy atom. The van der Waals surface area contributed by atoms with Crippen molar-refractivity contribution < 1.29 is 21.9 Å². The molecule has 0 atom stereocenters. The molecule has 1 aromatic rings. The standard InChI is InChI=1S/C13H18F2N2O3S/c1-17(10-2-4-20-5-3-10)21(18,19)12-7-9(8-16)6-11(14)13(12)15/h6-7,10H,2-5,8,16H2,1H3. The minimum Gasteiger partial charge on any atom is -0.381 e. The van der Waals surface area contributed by atoms with Gasteiger partial charge in [-0.2, -0.15) is 4.31 Å². The maximum absolute atomic E-state index is 13.9. The van der Waals surface area contributed by atoms with E-state index in [1.165, 1.54) is 7.05 Å². The molecule has 1 aromatic carbocycles. The van der Waals surface area contributed by atoms with E-state index in [1.54, 1.807) is 0 Å². The maximum atomic E-state index is 13.9. The van der Waals surface area contributed by atoms with Crippen LogP contribution in [-0.2, 0) is 21.3 Å². The van der Waals surface area contributed by atoms with Gasteiger partial charge in [0, 0.05) is 32.8 Å².